The normalized spacial score (nSPS) is 10.6. The molecule has 0 aliphatic carbocycles. The van der Waals surface area contributed by atoms with Gasteiger partial charge in [0.1, 0.15) is 0 Å². The van der Waals surface area contributed by atoms with Crippen LogP contribution in [0.3, 0.4) is 0 Å². The first-order valence-corrected chi connectivity index (χ1v) is 8.84. The molecule has 0 spiro atoms. The number of hydrogen-bond acceptors (Lipinski definition) is 1. The average Bonchev–Trinajstić information content (AvgIpc) is 2.49. The second-order valence-corrected chi connectivity index (χ2v) is 6.22. The number of alkyl halides is 1. The molecule has 0 bridgehead atoms. The molecule has 0 fully saturated rings. The van der Waals surface area contributed by atoms with E-state index in [1.54, 1.807) is 0 Å². The molecule has 0 atom stereocenters. The molecule has 0 radical (unpaired) electrons. The molecule has 106 valence electrons. The average molecular weight is 397 g/mol. The van der Waals surface area contributed by atoms with Crippen molar-refractivity contribution in [2.45, 2.75) is 25.1 Å². The molecular formula is C17H19Br2N. The Hall–Kier alpha value is -0.800. The summed E-state index contributed by atoms with van der Waals surface area (Å²) in [6.07, 6.45) is 2.39. The van der Waals surface area contributed by atoms with E-state index in [-0.39, 0.29) is 0 Å². The van der Waals surface area contributed by atoms with Crippen molar-refractivity contribution >= 4 is 43.2 Å². The molecule has 1 nitrogen and oxygen atoms in total. The first-order chi connectivity index (χ1) is 9.76. The smallest absolute Gasteiger partial charge is 0.0452 e. The van der Waals surface area contributed by atoms with E-state index >= 15 is 0 Å². The van der Waals surface area contributed by atoms with Crippen molar-refractivity contribution in [1.82, 2.24) is 0 Å². The third kappa shape index (κ3) is 3.86. The van der Waals surface area contributed by atoms with Gasteiger partial charge in [0.15, 0.2) is 0 Å². The third-order valence-electron chi connectivity index (χ3n) is 3.28. The van der Waals surface area contributed by atoms with Gasteiger partial charge in [-0.3, -0.25) is 0 Å². The molecule has 0 unspecified atom stereocenters. The van der Waals surface area contributed by atoms with E-state index in [4.69, 9.17) is 0 Å². The lowest BCUT2D eigenvalue weighted by Gasteiger charge is -2.27. The molecule has 2 aromatic carbocycles. The summed E-state index contributed by atoms with van der Waals surface area (Å²) in [4.78, 5) is 2.41. The van der Waals surface area contributed by atoms with E-state index in [1.165, 1.54) is 29.8 Å². The Bertz CT molecular complexity index is 540. The number of rotatable bonds is 6. The van der Waals surface area contributed by atoms with E-state index < -0.39 is 0 Å². The maximum Gasteiger partial charge on any atom is 0.0452 e. The van der Waals surface area contributed by atoms with Crippen LogP contribution >= 0.6 is 31.9 Å². The Balaban J connectivity index is 2.41. The van der Waals surface area contributed by atoms with Gasteiger partial charge >= 0.3 is 0 Å². The van der Waals surface area contributed by atoms with Gasteiger partial charge in [0, 0.05) is 27.7 Å². The summed E-state index contributed by atoms with van der Waals surface area (Å²) in [7, 11) is 0. The van der Waals surface area contributed by atoms with Crippen LogP contribution in [0.15, 0.2) is 53.0 Å². The molecule has 3 heteroatoms. The number of anilines is 2. The summed E-state index contributed by atoms with van der Waals surface area (Å²) in [5, 5.41) is 0.858. The Morgan fingerprint density at radius 1 is 1.05 bits per heavy atom. The molecule has 0 amide bonds. The van der Waals surface area contributed by atoms with E-state index in [0.29, 0.717) is 0 Å². The van der Waals surface area contributed by atoms with Crippen molar-refractivity contribution in [3.05, 3.63) is 58.6 Å². The minimum atomic E-state index is 0.858. The highest BCUT2D eigenvalue weighted by atomic mass is 79.9. The number of halogens is 2. The zero-order valence-electron chi connectivity index (χ0n) is 11.7. The molecule has 0 saturated carbocycles. The first-order valence-electron chi connectivity index (χ1n) is 6.93. The molecule has 0 aliphatic rings. The molecule has 2 rings (SSSR count). The number of unbranched alkanes of at least 4 members (excludes halogenated alkanes) is 1. The number of nitrogens with zero attached hydrogens (tertiary/aromatic N) is 1. The SMILES string of the molecule is CCCCN(c1ccccc1)c1ccc(Br)cc1CBr. The highest BCUT2D eigenvalue weighted by Gasteiger charge is 2.12. The van der Waals surface area contributed by atoms with E-state index in [2.05, 4.69) is 92.2 Å². The van der Waals surface area contributed by atoms with Crippen molar-refractivity contribution in [2.24, 2.45) is 0 Å². The van der Waals surface area contributed by atoms with Crippen LogP contribution in [0.4, 0.5) is 11.4 Å². The monoisotopic (exact) mass is 395 g/mol. The Kier molecular flexibility index (Phi) is 6.11. The van der Waals surface area contributed by atoms with Gasteiger partial charge in [-0.05, 0) is 42.3 Å². The zero-order valence-corrected chi connectivity index (χ0v) is 14.8. The number of para-hydroxylation sites is 1. The van der Waals surface area contributed by atoms with Crippen LogP contribution in [0.5, 0.6) is 0 Å². The lowest BCUT2D eigenvalue weighted by molar-refractivity contribution is 0.784. The summed E-state index contributed by atoms with van der Waals surface area (Å²) in [6.45, 7) is 3.28. The van der Waals surface area contributed by atoms with Crippen LogP contribution in [0.25, 0.3) is 0 Å². The fourth-order valence-electron chi connectivity index (χ4n) is 2.24. The maximum atomic E-state index is 3.60. The van der Waals surface area contributed by atoms with Crippen molar-refractivity contribution in [1.29, 1.82) is 0 Å². The fraction of sp³-hybridized carbons (Fsp3) is 0.294. The van der Waals surface area contributed by atoms with Crippen LogP contribution in [0, 0.1) is 0 Å². The van der Waals surface area contributed by atoms with Crippen LogP contribution < -0.4 is 4.90 Å². The van der Waals surface area contributed by atoms with E-state index in [9.17, 15) is 0 Å². The Morgan fingerprint density at radius 2 is 1.80 bits per heavy atom. The molecule has 20 heavy (non-hydrogen) atoms. The van der Waals surface area contributed by atoms with Crippen molar-refractivity contribution in [2.75, 3.05) is 11.4 Å². The predicted octanol–water partition coefficient (Wildman–Crippen LogP) is 6.28. The highest BCUT2D eigenvalue weighted by molar-refractivity contribution is 9.10. The molecule has 0 aliphatic heterocycles. The Morgan fingerprint density at radius 3 is 2.45 bits per heavy atom. The van der Waals surface area contributed by atoms with Crippen LogP contribution in [0.2, 0.25) is 0 Å². The summed E-state index contributed by atoms with van der Waals surface area (Å²) in [5.41, 5.74) is 3.84. The van der Waals surface area contributed by atoms with Gasteiger partial charge in [-0.2, -0.15) is 0 Å². The first kappa shape index (κ1) is 15.6. The van der Waals surface area contributed by atoms with Crippen molar-refractivity contribution < 1.29 is 0 Å². The van der Waals surface area contributed by atoms with Crippen LogP contribution in [-0.4, -0.2) is 6.54 Å². The lowest BCUT2D eigenvalue weighted by Crippen LogP contribution is -2.19. The van der Waals surface area contributed by atoms with Crippen molar-refractivity contribution in [3.8, 4) is 0 Å². The van der Waals surface area contributed by atoms with Gasteiger partial charge < -0.3 is 4.90 Å². The quantitative estimate of drug-likeness (QED) is 0.519. The summed E-state index contributed by atoms with van der Waals surface area (Å²) in [5.74, 6) is 0. The minimum absolute atomic E-state index is 0.858. The topological polar surface area (TPSA) is 3.24 Å². The molecule has 0 aromatic heterocycles. The van der Waals surface area contributed by atoms with Gasteiger partial charge in [-0.15, -0.1) is 0 Å². The van der Waals surface area contributed by atoms with Crippen molar-refractivity contribution in [3.63, 3.8) is 0 Å². The standard InChI is InChI=1S/C17H19Br2N/c1-2-3-11-20(16-7-5-4-6-8-16)17-10-9-15(19)12-14(17)13-18/h4-10,12H,2-3,11,13H2,1H3. The second kappa shape index (κ2) is 7.84. The van der Waals surface area contributed by atoms with Crippen LogP contribution in [0.1, 0.15) is 25.3 Å². The van der Waals surface area contributed by atoms with Gasteiger partial charge in [0.2, 0.25) is 0 Å². The summed E-state index contributed by atoms with van der Waals surface area (Å²) in [6, 6.07) is 17.1. The molecular weight excluding hydrogens is 378 g/mol. The number of hydrogen-bond donors (Lipinski definition) is 0. The van der Waals surface area contributed by atoms with Crippen LogP contribution in [-0.2, 0) is 5.33 Å². The lowest BCUT2D eigenvalue weighted by atomic mass is 10.1. The van der Waals surface area contributed by atoms with Gasteiger partial charge in [-0.1, -0.05) is 63.4 Å². The molecule has 2 aromatic rings. The van der Waals surface area contributed by atoms with Gasteiger partial charge in [0.05, 0.1) is 0 Å². The third-order valence-corrected chi connectivity index (χ3v) is 4.38. The Labute approximate surface area is 138 Å². The van der Waals surface area contributed by atoms with E-state index in [0.717, 1.165) is 16.3 Å². The predicted molar refractivity (Wildman–Crippen MR) is 95.1 cm³/mol. The maximum absolute atomic E-state index is 3.60. The highest BCUT2D eigenvalue weighted by Crippen LogP contribution is 2.32. The number of benzene rings is 2. The summed E-state index contributed by atoms with van der Waals surface area (Å²) < 4.78 is 1.12. The summed E-state index contributed by atoms with van der Waals surface area (Å²) >= 11 is 7.16. The van der Waals surface area contributed by atoms with Gasteiger partial charge in [0.25, 0.3) is 0 Å². The second-order valence-electron chi connectivity index (χ2n) is 4.75. The molecule has 0 N–H and O–H groups in total. The molecule has 0 saturated heterocycles. The van der Waals surface area contributed by atoms with E-state index in [1.807, 2.05) is 0 Å². The zero-order chi connectivity index (χ0) is 14.4. The largest absolute Gasteiger partial charge is 0.341 e. The minimum Gasteiger partial charge on any atom is -0.341 e. The molecule has 0 heterocycles. The van der Waals surface area contributed by atoms with Gasteiger partial charge in [-0.25, -0.2) is 0 Å². The fourth-order valence-corrected chi connectivity index (χ4v) is 3.09.